The van der Waals surface area contributed by atoms with Crippen molar-refractivity contribution < 1.29 is 24.0 Å². The second-order valence-electron chi connectivity index (χ2n) is 1.33. The Bertz CT molecular complexity index is 43.3. The minimum Gasteiger partial charge on any atom is -0.852 e. The predicted octanol–water partition coefficient (Wildman–Crippen LogP) is -2.68. The average Bonchev–Trinajstić information content (AvgIpc) is 1.35. The van der Waals surface area contributed by atoms with E-state index < -0.39 is 6.10 Å². The third-order valence-electron chi connectivity index (χ3n) is 0.499. The van der Waals surface area contributed by atoms with Crippen LogP contribution < -0.4 is 24.0 Å². The van der Waals surface area contributed by atoms with Crippen LogP contribution in [0.15, 0.2) is 12.7 Å². The molecule has 36 valence electrons. The molecule has 0 saturated heterocycles. The molecule has 0 fully saturated rings. The van der Waals surface area contributed by atoms with E-state index in [1.807, 2.05) is 0 Å². The summed E-state index contributed by atoms with van der Waals surface area (Å²) in [5, 5.41) is 10.1. The molecule has 0 aliphatic rings. The van der Waals surface area contributed by atoms with E-state index in [-0.39, 0.29) is 18.9 Å². The van der Waals surface area contributed by atoms with Crippen LogP contribution in [0.4, 0.5) is 0 Å². The molecule has 1 atom stereocenters. The maximum absolute atomic E-state index is 10.1. The Balaban J connectivity index is 0. The molecule has 1 unspecified atom stereocenters. The molecule has 0 aromatic carbocycles. The van der Waals surface area contributed by atoms with Gasteiger partial charge in [0.1, 0.15) is 0 Å². The zero-order chi connectivity index (χ0) is 4.99. The molecular weight excluding hydrogens is 83.0 g/mol. The molecule has 0 radical (unpaired) electrons. The Hall–Kier alpha value is 0.297. The van der Waals surface area contributed by atoms with Gasteiger partial charge in [-0.2, -0.15) is 0 Å². The van der Waals surface area contributed by atoms with Crippen LogP contribution in [0.25, 0.3) is 0 Å². The molecule has 0 spiro atoms. The predicted molar refractivity (Wildman–Crippen MR) is 24.3 cm³/mol. The minimum absolute atomic E-state index is 0. The fourth-order valence-electron chi connectivity index (χ4n) is 0.235. The van der Waals surface area contributed by atoms with Crippen molar-refractivity contribution in [1.82, 2.24) is 0 Å². The molecule has 0 bridgehead atoms. The first-order valence-electron chi connectivity index (χ1n) is 2.04. The van der Waals surface area contributed by atoms with Gasteiger partial charge in [-0.3, -0.25) is 0 Å². The average molecular weight is 92.1 g/mol. The Labute approximate surface area is 56.6 Å². The molecule has 0 amide bonds. The van der Waals surface area contributed by atoms with Gasteiger partial charge in [0.15, 0.2) is 0 Å². The fraction of sp³-hybridized carbons (Fsp3) is 0.600. The number of hydrogen-bond donors (Lipinski definition) is 0. The second kappa shape index (κ2) is 6.30. The van der Waals surface area contributed by atoms with Crippen LogP contribution in [-0.4, -0.2) is 6.10 Å². The molecule has 0 aromatic rings. The molecule has 1 nitrogen and oxygen atoms in total. The molecule has 7 heavy (non-hydrogen) atoms. The standard InChI is InChI=1S/C5H9O.Li/c1-3-4-5(2)6;/h3,5H,1,4H2,2H3;/q-1;+1. The zero-order valence-corrected chi connectivity index (χ0v) is 4.98. The number of hydrogen-bond acceptors (Lipinski definition) is 1. The molecule has 0 N–H and O–H groups in total. The van der Waals surface area contributed by atoms with Crippen molar-refractivity contribution >= 4 is 0 Å². The molecule has 2 heteroatoms. The van der Waals surface area contributed by atoms with Crippen LogP contribution in [-0.2, 0) is 0 Å². The summed E-state index contributed by atoms with van der Waals surface area (Å²) < 4.78 is 0. The summed E-state index contributed by atoms with van der Waals surface area (Å²) in [6.07, 6.45) is 1.75. The van der Waals surface area contributed by atoms with Gasteiger partial charge in [-0.05, 0) is 6.42 Å². The maximum atomic E-state index is 10.1. The normalized spacial score (nSPS) is 11.7. The largest absolute Gasteiger partial charge is 1.00 e. The van der Waals surface area contributed by atoms with Gasteiger partial charge < -0.3 is 5.11 Å². The van der Waals surface area contributed by atoms with Crippen LogP contribution in [0.1, 0.15) is 13.3 Å². The fourth-order valence-corrected chi connectivity index (χ4v) is 0.235. The SMILES string of the molecule is C=CCC(C)[O-].[Li+]. The van der Waals surface area contributed by atoms with Crippen LogP contribution in [0.2, 0.25) is 0 Å². The van der Waals surface area contributed by atoms with Gasteiger partial charge in [-0.25, -0.2) is 0 Å². The van der Waals surface area contributed by atoms with E-state index in [2.05, 4.69) is 6.58 Å². The Morgan fingerprint density at radius 2 is 2.29 bits per heavy atom. The van der Waals surface area contributed by atoms with E-state index in [0.717, 1.165) is 0 Å². The Morgan fingerprint density at radius 1 is 1.86 bits per heavy atom. The summed E-state index contributed by atoms with van der Waals surface area (Å²) in [5.74, 6) is 0. The Morgan fingerprint density at radius 3 is 2.29 bits per heavy atom. The van der Waals surface area contributed by atoms with Crippen LogP contribution in [0.5, 0.6) is 0 Å². The van der Waals surface area contributed by atoms with Crippen molar-refractivity contribution in [2.75, 3.05) is 0 Å². The topological polar surface area (TPSA) is 23.1 Å². The molecular formula is C5H9LiO. The van der Waals surface area contributed by atoms with Gasteiger partial charge >= 0.3 is 18.9 Å². The summed E-state index contributed by atoms with van der Waals surface area (Å²) in [7, 11) is 0. The van der Waals surface area contributed by atoms with Crippen LogP contribution >= 0.6 is 0 Å². The van der Waals surface area contributed by atoms with Crippen LogP contribution in [0, 0.1) is 0 Å². The summed E-state index contributed by atoms with van der Waals surface area (Å²) in [5.41, 5.74) is 0. The monoisotopic (exact) mass is 92.1 g/mol. The smallest absolute Gasteiger partial charge is 0.852 e. The molecule has 0 aliphatic heterocycles. The van der Waals surface area contributed by atoms with E-state index in [1.54, 1.807) is 13.0 Å². The summed E-state index contributed by atoms with van der Waals surface area (Å²) in [6.45, 7) is 5.03. The minimum atomic E-state index is -0.470. The summed E-state index contributed by atoms with van der Waals surface area (Å²) >= 11 is 0. The van der Waals surface area contributed by atoms with Crippen LogP contribution in [0.3, 0.4) is 0 Å². The van der Waals surface area contributed by atoms with E-state index in [1.165, 1.54) is 0 Å². The maximum Gasteiger partial charge on any atom is 1.00 e. The number of rotatable bonds is 2. The molecule has 0 saturated carbocycles. The van der Waals surface area contributed by atoms with E-state index >= 15 is 0 Å². The van der Waals surface area contributed by atoms with Crippen molar-refractivity contribution in [3.05, 3.63) is 12.7 Å². The van der Waals surface area contributed by atoms with Crippen molar-refractivity contribution in [1.29, 1.82) is 0 Å². The molecule has 0 rings (SSSR count). The first kappa shape index (κ1) is 10.3. The van der Waals surface area contributed by atoms with Gasteiger partial charge in [-0.15, -0.1) is 12.7 Å². The van der Waals surface area contributed by atoms with Gasteiger partial charge in [0.2, 0.25) is 0 Å². The Kier molecular flexibility index (Phi) is 9.28. The molecule has 0 aliphatic carbocycles. The van der Waals surface area contributed by atoms with E-state index in [4.69, 9.17) is 0 Å². The van der Waals surface area contributed by atoms with Crippen molar-refractivity contribution in [2.45, 2.75) is 19.4 Å². The third-order valence-corrected chi connectivity index (χ3v) is 0.499. The van der Waals surface area contributed by atoms with Gasteiger partial charge in [0.05, 0.1) is 0 Å². The zero-order valence-electron chi connectivity index (χ0n) is 4.98. The summed E-state index contributed by atoms with van der Waals surface area (Å²) in [4.78, 5) is 0. The second-order valence-corrected chi connectivity index (χ2v) is 1.33. The molecule has 0 aromatic heterocycles. The molecule has 0 heterocycles. The first-order chi connectivity index (χ1) is 2.77. The quantitative estimate of drug-likeness (QED) is 0.269. The van der Waals surface area contributed by atoms with Crippen molar-refractivity contribution in [2.24, 2.45) is 0 Å². The van der Waals surface area contributed by atoms with Gasteiger partial charge in [0, 0.05) is 0 Å². The van der Waals surface area contributed by atoms with E-state index in [0.29, 0.717) is 6.42 Å². The van der Waals surface area contributed by atoms with E-state index in [9.17, 15) is 5.11 Å². The first-order valence-corrected chi connectivity index (χ1v) is 2.04. The van der Waals surface area contributed by atoms with Crippen molar-refractivity contribution in [3.8, 4) is 0 Å². The van der Waals surface area contributed by atoms with Gasteiger partial charge in [0.25, 0.3) is 0 Å². The third kappa shape index (κ3) is 10.7. The van der Waals surface area contributed by atoms with Gasteiger partial charge in [-0.1, -0.05) is 13.0 Å². The van der Waals surface area contributed by atoms with Crippen molar-refractivity contribution in [3.63, 3.8) is 0 Å². The summed E-state index contributed by atoms with van der Waals surface area (Å²) in [6, 6.07) is 0.